The van der Waals surface area contributed by atoms with Crippen LogP contribution in [-0.2, 0) is 13.1 Å². The maximum Gasteiger partial charge on any atom is 0.268 e. The van der Waals surface area contributed by atoms with E-state index in [1.807, 2.05) is 42.5 Å². The molecule has 1 aliphatic heterocycles. The number of hydrogen-bond acceptors (Lipinski definition) is 3. The fourth-order valence-electron chi connectivity index (χ4n) is 4.46. The van der Waals surface area contributed by atoms with Gasteiger partial charge in [0.15, 0.2) is 0 Å². The fourth-order valence-corrected chi connectivity index (χ4v) is 4.70. The summed E-state index contributed by atoms with van der Waals surface area (Å²) < 4.78 is 16.8. The van der Waals surface area contributed by atoms with E-state index in [9.17, 15) is 9.18 Å². The molecule has 5 nitrogen and oxygen atoms in total. The average Bonchev–Trinajstić information content (AvgIpc) is 3.23. The normalized spacial score (nSPS) is 13.9. The summed E-state index contributed by atoms with van der Waals surface area (Å²) in [5, 5.41) is 0. The lowest BCUT2D eigenvalue weighted by Crippen LogP contribution is -2.32. The molecule has 0 spiro atoms. The Balaban J connectivity index is 1.50. The van der Waals surface area contributed by atoms with Crippen molar-refractivity contribution in [2.75, 3.05) is 18.0 Å². The quantitative estimate of drug-likeness (QED) is 0.320. The SMILES string of the molecule is O=C(c1ccc2nc(N3CCCCC3)n(Cc3ccc(F)cc3)c2c1)N(Cl)Cc1ccccc1. The van der Waals surface area contributed by atoms with Gasteiger partial charge in [-0.3, -0.25) is 4.79 Å². The summed E-state index contributed by atoms with van der Waals surface area (Å²) in [5.41, 5.74) is 4.12. The number of aromatic nitrogens is 2. The van der Waals surface area contributed by atoms with Crippen LogP contribution >= 0.6 is 11.8 Å². The number of fused-ring (bicyclic) bond motifs is 1. The molecule has 0 aliphatic carbocycles. The summed E-state index contributed by atoms with van der Waals surface area (Å²) in [7, 11) is 0. The van der Waals surface area contributed by atoms with Gasteiger partial charge in [-0.25, -0.2) is 13.8 Å². The largest absolute Gasteiger partial charge is 0.342 e. The molecule has 5 rings (SSSR count). The second-order valence-electron chi connectivity index (χ2n) is 8.69. The lowest BCUT2D eigenvalue weighted by molar-refractivity contribution is 0.0857. The first-order valence-electron chi connectivity index (χ1n) is 11.6. The smallest absolute Gasteiger partial charge is 0.268 e. The average molecular weight is 477 g/mol. The number of benzene rings is 3. The molecule has 1 fully saturated rings. The van der Waals surface area contributed by atoms with Crippen LogP contribution in [0.5, 0.6) is 0 Å². The number of carbonyl (C=O) groups excluding carboxylic acids is 1. The number of rotatable bonds is 6. The number of halogens is 2. The second kappa shape index (κ2) is 9.85. The van der Waals surface area contributed by atoms with E-state index in [1.54, 1.807) is 18.2 Å². The monoisotopic (exact) mass is 476 g/mol. The van der Waals surface area contributed by atoms with Crippen LogP contribution in [-0.4, -0.2) is 33.0 Å². The standard InChI is InChI=1S/C27H26ClFN4O/c28-33(19-20-7-3-1-4-8-20)26(34)22-11-14-24-25(17-22)32(18-21-9-12-23(29)13-10-21)27(30-24)31-15-5-2-6-16-31/h1,3-4,7-14,17H,2,5-6,15-16,18-19H2. The lowest BCUT2D eigenvalue weighted by atomic mass is 10.1. The molecule has 0 unspecified atom stereocenters. The first kappa shape index (κ1) is 22.4. The van der Waals surface area contributed by atoms with Gasteiger partial charge in [0.1, 0.15) is 5.82 Å². The van der Waals surface area contributed by atoms with Crippen molar-refractivity contribution in [2.45, 2.75) is 32.4 Å². The van der Waals surface area contributed by atoms with E-state index in [-0.39, 0.29) is 11.7 Å². The van der Waals surface area contributed by atoms with Gasteiger partial charge in [0, 0.05) is 30.4 Å². The summed E-state index contributed by atoms with van der Waals surface area (Å²) in [4.78, 5) is 20.3. The molecule has 0 bridgehead atoms. The predicted molar refractivity (Wildman–Crippen MR) is 133 cm³/mol. The first-order valence-corrected chi connectivity index (χ1v) is 11.9. The van der Waals surface area contributed by atoms with E-state index in [2.05, 4.69) is 9.47 Å². The molecule has 0 atom stereocenters. The maximum absolute atomic E-state index is 13.5. The number of carbonyl (C=O) groups is 1. The minimum Gasteiger partial charge on any atom is -0.342 e. The predicted octanol–water partition coefficient (Wildman–Crippen LogP) is 6.01. The summed E-state index contributed by atoms with van der Waals surface area (Å²) in [6, 6.07) is 21.7. The van der Waals surface area contributed by atoms with Crippen molar-refractivity contribution in [1.82, 2.24) is 14.0 Å². The Morgan fingerprint density at radius 1 is 0.941 bits per heavy atom. The molecule has 1 amide bonds. The van der Waals surface area contributed by atoms with E-state index >= 15 is 0 Å². The molecule has 0 N–H and O–H groups in total. The number of piperidine rings is 1. The Hall–Kier alpha value is -3.38. The van der Waals surface area contributed by atoms with Crippen molar-refractivity contribution in [3.05, 3.63) is 95.3 Å². The van der Waals surface area contributed by atoms with Gasteiger partial charge in [-0.15, -0.1) is 0 Å². The molecule has 7 heteroatoms. The Kier molecular flexibility index (Phi) is 6.50. The van der Waals surface area contributed by atoms with Crippen molar-refractivity contribution in [2.24, 2.45) is 0 Å². The Bertz CT molecular complexity index is 1280. The minimum absolute atomic E-state index is 0.260. The molecule has 0 radical (unpaired) electrons. The third-order valence-corrected chi connectivity index (χ3v) is 6.53. The molecule has 4 aromatic rings. The van der Waals surface area contributed by atoms with E-state index < -0.39 is 0 Å². The van der Waals surface area contributed by atoms with Crippen LogP contribution in [0.25, 0.3) is 11.0 Å². The Morgan fingerprint density at radius 2 is 1.68 bits per heavy atom. The minimum atomic E-state index is -0.263. The fraction of sp³-hybridized carbons (Fsp3) is 0.259. The van der Waals surface area contributed by atoms with Gasteiger partial charge in [0.25, 0.3) is 5.91 Å². The molecular weight excluding hydrogens is 451 g/mol. The lowest BCUT2D eigenvalue weighted by Gasteiger charge is -2.28. The molecule has 174 valence electrons. The van der Waals surface area contributed by atoms with E-state index in [0.717, 1.165) is 54.0 Å². The van der Waals surface area contributed by atoms with Crippen molar-refractivity contribution in [3.8, 4) is 0 Å². The molecular formula is C27H26ClFN4O. The topological polar surface area (TPSA) is 41.4 Å². The first-order chi connectivity index (χ1) is 16.6. The number of nitrogens with zero attached hydrogens (tertiary/aromatic N) is 4. The van der Waals surface area contributed by atoms with Crippen LogP contribution in [0.3, 0.4) is 0 Å². The molecule has 2 heterocycles. The van der Waals surface area contributed by atoms with Crippen molar-refractivity contribution < 1.29 is 9.18 Å². The van der Waals surface area contributed by atoms with Crippen LogP contribution in [0.4, 0.5) is 10.3 Å². The van der Waals surface area contributed by atoms with Gasteiger partial charge in [0.05, 0.1) is 24.1 Å². The molecule has 1 saturated heterocycles. The Morgan fingerprint density at radius 3 is 2.41 bits per heavy atom. The van der Waals surface area contributed by atoms with Gasteiger partial charge in [-0.05, 0) is 60.7 Å². The molecule has 0 saturated carbocycles. The second-order valence-corrected chi connectivity index (χ2v) is 9.09. The number of hydrogen-bond donors (Lipinski definition) is 0. The molecule has 1 aliphatic rings. The van der Waals surface area contributed by atoms with Crippen LogP contribution < -0.4 is 4.90 Å². The highest BCUT2D eigenvalue weighted by atomic mass is 35.5. The van der Waals surface area contributed by atoms with Gasteiger partial charge in [-0.2, -0.15) is 0 Å². The zero-order chi connectivity index (χ0) is 23.5. The van der Waals surface area contributed by atoms with Crippen LogP contribution in [0.2, 0.25) is 0 Å². The van der Waals surface area contributed by atoms with Crippen molar-refractivity contribution >= 4 is 34.7 Å². The van der Waals surface area contributed by atoms with Crippen LogP contribution in [0.15, 0.2) is 72.8 Å². The highest BCUT2D eigenvalue weighted by molar-refractivity contribution is 6.24. The van der Waals surface area contributed by atoms with E-state index in [4.69, 9.17) is 16.8 Å². The third kappa shape index (κ3) is 4.77. The maximum atomic E-state index is 13.5. The van der Waals surface area contributed by atoms with Crippen LogP contribution in [0, 0.1) is 5.82 Å². The Labute approximate surface area is 203 Å². The van der Waals surface area contributed by atoms with Crippen molar-refractivity contribution in [1.29, 1.82) is 0 Å². The van der Waals surface area contributed by atoms with Gasteiger partial charge in [-0.1, -0.05) is 42.5 Å². The van der Waals surface area contributed by atoms with Gasteiger partial charge >= 0.3 is 0 Å². The third-order valence-electron chi connectivity index (χ3n) is 6.25. The summed E-state index contributed by atoms with van der Waals surface area (Å²) in [5.74, 6) is 0.362. The van der Waals surface area contributed by atoms with Gasteiger partial charge in [0.2, 0.25) is 5.95 Å². The van der Waals surface area contributed by atoms with Crippen molar-refractivity contribution in [3.63, 3.8) is 0 Å². The van der Waals surface area contributed by atoms with E-state index in [0.29, 0.717) is 18.7 Å². The highest BCUT2D eigenvalue weighted by Gasteiger charge is 2.22. The zero-order valence-corrected chi connectivity index (χ0v) is 19.6. The number of amides is 1. The molecule has 34 heavy (non-hydrogen) atoms. The van der Waals surface area contributed by atoms with Gasteiger partial charge < -0.3 is 9.47 Å². The zero-order valence-electron chi connectivity index (χ0n) is 18.8. The molecule has 1 aromatic heterocycles. The summed E-state index contributed by atoms with van der Waals surface area (Å²) >= 11 is 6.38. The summed E-state index contributed by atoms with van der Waals surface area (Å²) in [6.45, 7) is 2.75. The summed E-state index contributed by atoms with van der Waals surface area (Å²) in [6.07, 6.45) is 3.48. The van der Waals surface area contributed by atoms with Crippen LogP contribution in [0.1, 0.15) is 40.7 Å². The number of imidazole rings is 1. The van der Waals surface area contributed by atoms with E-state index in [1.165, 1.54) is 23.0 Å². The molecule has 3 aromatic carbocycles. The number of anilines is 1. The highest BCUT2D eigenvalue weighted by Crippen LogP contribution is 2.28.